The maximum Gasteiger partial charge on any atom is 0.150 e. The van der Waals surface area contributed by atoms with E-state index >= 15 is 0 Å². The number of rotatable bonds is 5. The zero-order chi connectivity index (χ0) is 14.5. The van der Waals surface area contributed by atoms with Crippen LogP contribution >= 0.6 is 0 Å². The lowest BCUT2D eigenvalue weighted by atomic mass is 10.1. The highest BCUT2D eigenvalue weighted by Crippen LogP contribution is 2.26. The molecule has 0 bridgehead atoms. The Hall–Kier alpha value is -1.86. The molecule has 0 aromatic heterocycles. The van der Waals surface area contributed by atoms with Gasteiger partial charge in [0.25, 0.3) is 0 Å². The van der Waals surface area contributed by atoms with Gasteiger partial charge in [0.1, 0.15) is 12.4 Å². The van der Waals surface area contributed by atoms with Gasteiger partial charge in [-0.1, -0.05) is 13.8 Å². The summed E-state index contributed by atoms with van der Waals surface area (Å²) >= 11 is 0. The Morgan fingerprint density at radius 3 is 2.80 bits per heavy atom. The van der Waals surface area contributed by atoms with E-state index in [9.17, 15) is 10.1 Å². The first-order valence-corrected chi connectivity index (χ1v) is 7.21. The van der Waals surface area contributed by atoms with Crippen LogP contribution < -0.4 is 4.90 Å². The van der Waals surface area contributed by atoms with Crippen molar-refractivity contribution in [3.8, 4) is 6.07 Å². The standard InChI is InChI=1S/C16H21N3O/c1-3-18(4-2)15-7-8-19(11-15)16-6-5-13(12-20)9-14(16)10-17/h5-6,9,12,15H,3-4,7-8,11H2,1-2H3. The van der Waals surface area contributed by atoms with E-state index in [1.54, 1.807) is 12.1 Å². The fourth-order valence-corrected chi connectivity index (χ4v) is 2.99. The first-order chi connectivity index (χ1) is 9.73. The molecule has 1 unspecified atom stereocenters. The molecule has 1 aromatic carbocycles. The molecular weight excluding hydrogens is 250 g/mol. The molecule has 1 aliphatic heterocycles. The zero-order valence-corrected chi connectivity index (χ0v) is 12.2. The lowest BCUT2D eigenvalue weighted by Gasteiger charge is -2.27. The van der Waals surface area contributed by atoms with Crippen LogP contribution in [0.4, 0.5) is 5.69 Å². The fourth-order valence-electron chi connectivity index (χ4n) is 2.99. The van der Waals surface area contributed by atoms with Crippen LogP contribution in [0.25, 0.3) is 0 Å². The number of hydrogen-bond donors (Lipinski definition) is 0. The summed E-state index contributed by atoms with van der Waals surface area (Å²) in [5, 5.41) is 9.26. The fraction of sp³-hybridized carbons (Fsp3) is 0.500. The van der Waals surface area contributed by atoms with E-state index in [1.165, 1.54) is 0 Å². The molecule has 4 nitrogen and oxygen atoms in total. The van der Waals surface area contributed by atoms with Gasteiger partial charge in [-0.2, -0.15) is 5.26 Å². The molecule has 106 valence electrons. The van der Waals surface area contributed by atoms with Crippen LogP contribution in [0.3, 0.4) is 0 Å². The van der Waals surface area contributed by atoms with Crippen molar-refractivity contribution in [1.82, 2.24) is 4.90 Å². The van der Waals surface area contributed by atoms with Crippen molar-refractivity contribution in [2.75, 3.05) is 31.1 Å². The second-order valence-corrected chi connectivity index (χ2v) is 5.12. The van der Waals surface area contributed by atoms with E-state index in [0.29, 0.717) is 17.2 Å². The molecule has 2 rings (SSSR count). The number of nitrogens with zero attached hydrogens (tertiary/aromatic N) is 3. The van der Waals surface area contributed by atoms with Crippen molar-refractivity contribution in [2.45, 2.75) is 26.3 Å². The van der Waals surface area contributed by atoms with E-state index in [4.69, 9.17) is 0 Å². The molecule has 0 radical (unpaired) electrons. The summed E-state index contributed by atoms with van der Waals surface area (Å²) in [5.41, 5.74) is 2.10. The average molecular weight is 271 g/mol. The number of carbonyl (C=O) groups excluding carboxylic acids is 1. The van der Waals surface area contributed by atoms with Gasteiger partial charge < -0.3 is 4.90 Å². The van der Waals surface area contributed by atoms with Crippen LogP contribution in [0, 0.1) is 11.3 Å². The molecule has 0 aliphatic carbocycles. The number of aldehydes is 1. The third kappa shape index (κ3) is 2.83. The summed E-state index contributed by atoms with van der Waals surface area (Å²) in [4.78, 5) is 15.5. The predicted octanol–water partition coefficient (Wildman–Crippen LogP) is 2.29. The molecule has 0 N–H and O–H groups in total. The Morgan fingerprint density at radius 2 is 2.20 bits per heavy atom. The Morgan fingerprint density at radius 1 is 1.45 bits per heavy atom. The second kappa shape index (κ2) is 6.53. The first kappa shape index (κ1) is 14.5. The Labute approximate surface area is 120 Å². The van der Waals surface area contributed by atoms with Gasteiger partial charge >= 0.3 is 0 Å². The number of carbonyl (C=O) groups is 1. The van der Waals surface area contributed by atoms with Crippen LogP contribution in [-0.2, 0) is 0 Å². The second-order valence-electron chi connectivity index (χ2n) is 5.12. The van der Waals surface area contributed by atoms with Crippen molar-refractivity contribution in [2.24, 2.45) is 0 Å². The Kier molecular flexibility index (Phi) is 4.75. The van der Waals surface area contributed by atoms with Gasteiger partial charge in [-0.15, -0.1) is 0 Å². The first-order valence-electron chi connectivity index (χ1n) is 7.21. The highest BCUT2D eigenvalue weighted by atomic mass is 16.1. The van der Waals surface area contributed by atoms with Gasteiger partial charge in [-0.3, -0.25) is 9.69 Å². The third-order valence-electron chi connectivity index (χ3n) is 4.11. The van der Waals surface area contributed by atoms with Crippen molar-refractivity contribution in [1.29, 1.82) is 5.26 Å². The van der Waals surface area contributed by atoms with Gasteiger partial charge in [0, 0.05) is 24.7 Å². The highest BCUT2D eigenvalue weighted by Gasteiger charge is 2.27. The smallest absolute Gasteiger partial charge is 0.150 e. The van der Waals surface area contributed by atoms with Crippen LogP contribution in [0.1, 0.15) is 36.2 Å². The number of benzene rings is 1. The maximum atomic E-state index is 10.8. The lowest BCUT2D eigenvalue weighted by Crippen LogP contribution is -2.37. The number of likely N-dealkylation sites (N-methyl/N-ethyl adjacent to an activating group) is 1. The molecule has 0 spiro atoms. The van der Waals surface area contributed by atoms with E-state index in [1.807, 2.05) is 6.07 Å². The molecule has 1 saturated heterocycles. The van der Waals surface area contributed by atoms with Gasteiger partial charge in [0.05, 0.1) is 11.3 Å². The third-order valence-corrected chi connectivity index (χ3v) is 4.11. The quantitative estimate of drug-likeness (QED) is 0.771. The number of hydrogen-bond acceptors (Lipinski definition) is 4. The molecule has 4 heteroatoms. The number of anilines is 1. The molecule has 1 aromatic rings. The summed E-state index contributed by atoms with van der Waals surface area (Å²) in [6, 6.07) is 8.12. The van der Waals surface area contributed by atoms with Crippen molar-refractivity contribution in [3.05, 3.63) is 29.3 Å². The van der Waals surface area contributed by atoms with Crippen molar-refractivity contribution in [3.63, 3.8) is 0 Å². The van der Waals surface area contributed by atoms with Crippen LogP contribution in [0.2, 0.25) is 0 Å². The summed E-state index contributed by atoms with van der Waals surface area (Å²) in [5.74, 6) is 0. The van der Waals surface area contributed by atoms with Gasteiger partial charge in [-0.05, 0) is 37.7 Å². The molecule has 1 atom stereocenters. The van der Waals surface area contributed by atoms with Gasteiger partial charge in [-0.25, -0.2) is 0 Å². The highest BCUT2D eigenvalue weighted by molar-refractivity contribution is 5.78. The summed E-state index contributed by atoms with van der Waals surface area (Å²) < 4.78 is 0. The van der Waals surface area contributed by atoms with E-state index in [0.717, 1.165) is 44.6 Å². The monoisotopic (exact) mass is 271 g/mol. The number of nitriles is 1. The summed E-state index contributed by atoms with van der Waals surface area (Å²) in [7, 11) is 0. The largest absolute Gasteiger partial charge is 0.369 e. The SMILES string of the molecule is CCN(CC)C1CCN(c2ccc(C=O)cc2C#N)C1. The topological polar surface area (TPSA) is 47.3 Å². The summed E-state index contributed by atoms with van der Waals surface area (Å²) in [6.07, 6.45) is 1.91. The minimum atomic E-state index is 0.558. The summed E-state index contributed by atoms with van der Waals surface area (Å²) in [6.45, 7) is 8.42. The molecule has 1 fully saturated rings. The zero-order valence-electron chi connectivity index (χ0n) is 12.2. The van der Waals surface area contributed by atoms with Gasteiger partial charge in [0.15, 0.2) is 0 Å². The normalized spacial score (nSPS) is 18.3. The molecule has 1 heterocycles. The van der Waals surface area contributed by atoms with Crippen LogP contribution in [-0.4, -0.2) is 43.4 Å². The van der Waals surface area contributed by atoms with Crippen molar-refractivity contribution < 1.29 is 4.79 Å². The van der Waals surface area contributed by atoms with Crippen molar-refractivity contribution >= 4 is 12.0 Å². The minimum Gasteiger partial charge on any atom is -0.369 e. The van der Waals surface area contributed by atoms with E-state index in [2.05, 4.69) is 29.7 Å². The molecular formula is C16H21N3O. The maximum absolute atomic E-state index is 10.8. The lowest BCUT2D eigenvalue weighted by molar-refractivity contribution is 0.112. The molecule has 0 saturated carbocycles. The Bertz CT molecular complexity index is 517. The predicted molar refractivity (Wildman–Crippen MR) is 80.1 cm³/mol. The molecule has 20 heavy (non-hydrogen) atoms. The van der Waals surface area contributed by atoms with E-state index < -0.39 is 0 Å². The van der Waals surface area contributed by atoms with Gasteiger partial charge in [0.2, 0.25) is 0 Å². The molecule has 1 aliphatic rings. The van der Waals surface area contributed by atoms with E-state index in [-0.39, 0.29) is 0 Å². The average Bonchev–Trinajstić information content (AvgIpc) is 2.97. The van der Waals surface area contributed by atoms with Crippen LogP contribution in [0.5, 0.6) is 0 Å². The molecule has 0 amide bonds. The minimum absolute atomic E-state index is 0.558. The Balaban J connectivity index is 2.18. The van der Waals surface area contributed by atoms with Crippen LogP contribution in [0.15, 0.2) is 18.2 Å².